The second-order valence-corrected chi connectivity index (χ2v) is 5.08. The summed E-state index contributed by atoms with van der Waals surface area (Å²) in [7, 11) is 0. The molecule has 108 valence electrons. The zero-order chi connectivity index (χ0) is 11.5. The lowest BCUT2D eigenvalue weighted by Crippen LogP contribution is -2.56. The van der Waals surface area contributed by atoms with E-state index in [0.29, 0.717) is 31.0 Å². The number of fused-ring (bicyclic) bond motifs is 1. The molecule has 0 radical (unpaired) electrons. The first kappa shape index (κ1) is 18.0. The van der Waals surface area contributed by atoms with E-state index in [1.807, 2.05) is 0 Å². The van der Waals surface area contributed by atoms with Crippen LogP contribution in [0.15, 0.2) is 0 Å². The Kier molecular flexibility index (Phi) is 8.19. The SMILES string of the molecule is CC1CN2CCCC2CN1C(=O)CCCN.Cl.Cl. The summed E-state index contributed by atoms with van der Waals surface area (Å²) >= 11 is 0. The van der Waals surface area contributed by atoms with Gasteiger partial charge >= 0.3 is 0 Å². The van der Waals surface area contributed by atoms with Gasteiger partial charge in [-0.3, -0.25) is 9.69 Å². The Morgan fingerprint density at radius 3 is 2.72 bits per heavy atom. The molecule has 4 nitrogen and oxygen atoms in total. The normalized spacial score (nSPS) is 27.1. The van der Waals surface area contributed by atoms with E-state index in [1.165, 1.54) is 19.4 Å². The van der Waals surface area contributed by atoms with Crippen LogP contribution in [0.25, 0.3) is 0 Å². The number of hydrogen-bond donors (Lipinski definition) is 1. The quantitative estimate of drug-likeness (QED) is 0.853. The molecular weight excluding hydrogens is 273 g/mol. The Morgan fingerprint density at radius 1 is 1.33 bits per heavy atom. The number of nitrogens with zero attached hydrogens (tertiary/aromatic N) is 2. The number of nitrogens with two attached hydrogens (primary N) is 1. The van der Waals surface area contributed by atoms with E-state index in [9.17, 15) is 4.79 Å². The van der Waals surface area contributed by atoms with Gasteiger partial charge in [0.2, 0.25) is 5.91 Å². The average molecular weight is 298 g/mol. The van der Waals surface area contributed by atoms with E-state index >= 15 is 0 Å². The third-order valence-electron chi connectivity index (χ3n) is 3.85. The number of hydrogen-bond acceptors (Lipinski definition) is 3. The van der Waals surface area contributed by atoms with Gasteiger partial charge in [0.05, 0.1) is 0 Å². The summed E-state index contributed by atoms with van der Waals surface area (Å²) in [5, 5.41) is 0. The lowest BCUT2D eigenvalue weighted by Gasteiger charge is -2.42. The molecule has 2 heterocycles. The van der Waals surface area contributed by atoms with E-state index in [1.54, 1.807) is 0 Å². The van der Waals surface area contributed by atoms with Crippen LogP contribution in [0.3, 0.4) is 0 Å². The molecule has 0 aliphatic carbocycles. The summed E-state index contributed by atoms with van der Waals surface area (Å²) in [6, 6.07) is 0.998. The molecule has 2 unspecified atom stereocenters. The second kappa shape index (κ2) is 8.20. The Balaban J connectivity index is 0.00000144. The molecule has 2 rings (SSSR count). The van der Waals surface area contributed by atoms with Crippen LogP contribution in [0.4, 0.5) is 0 Å². The van der Waals surface area contributed by atoms with Crippen molar-refractivity contribution < 1.29 is 4.79 Å². The van der Waals surface area contributed by atoms with Crippen molar-refractivity contribution in [2.24, 2.45) is 5.73 Å². The Hall–Kier alpha value is -0.0300. The van der Waals surface area contributed by atoms with Crippen molar-refractivity contribution in [2.75, 3.05) is 26.2 Å². The van der Waals surface area contributed by atoms with Crippen LogP contribution in [-0.2, 0) is 4.79 Å². The highest BCUT2D eigenvalue weighted by Gasteiger charge is 2.35. The third-order valence-corrected chi connectivity index (χ3v) is 3.85. The van der Waals surface area contributed by atoms with Crippen molar-refractivity contribution in [2.45, 2.75) is 44.7 Å². The van der Waals surface area contributed by atoms with E-state index in [2.05, 4.69) is 16.7 Å². The molecule has 2 atom stereocenters. The van der Waals surface area contributed by atoms with Crippen molar-refractivity contribution in [3.05, 3.63) is 0 Å². The molecule has 2 aliphatic heterocycles. The van der Waals surface area contributed by atoms with Crippen molar-refractivity contribution in [3.63, 3.8) is 0 Å². The largest absolute Gasteiger partial charge is 0.337 e. The summed E-state index contributed by atoms with van der Waals surface area (Å²) in [5.74, 6) is 0.296. The minimum Gasteiger partial charge on any atom is -0.337 e. The van der Waals surface area contributed by atoms with Crippen LogP contribution in [0.2, 0.25) is 0 Å². The van der Waals surface area contributed by atoms with Crippen LogP contribution < -0.4 is 5.73 Å². The Bertz CT molecular complexity index is 266. The smallest absolute Gasteiger partial charge is 0.222 e. The van der Waals surface area contributed by atoms with Gasteiger partial charge in [-0.15, -0.1) is 24.8 Å². The van der Waals surface area contributed by atoms with E-state index in [4.69, 9.17) is 5.73 Å². The van der Waals surface area contributed by atoms with E-state index in [-0.39, 0.29) is 24.8 Å². The molecule has 2 aliphatic rings. The maximum Gasteiger partial charge on any atom is 0.222 e. The molecule has 0 aromatic rings. The molecular formula is C12H25Cl2N3O. The lowest BCUT2D eigenvalue weighted by atomic mass is 10.1. The van der Waals surface area contributed by atoms with Crippen molar-refractivity contribution in [1.29, 1.82) is 0 Å². The molecule has 6 heteroatoms. The summed E-state index contributed by atoms with van der Waals surface area (Å²) < 4.78 is 0. The van der Waals surface area contributed by atoms with Gasteiger partial charge in [0, 0.05) is 31.6 Å². The molecule has 1 amide bonds. The Labute approximate surface area is 122 Å². The van der Waals surface area contributed by atoms with Gasteiger partial charge in [-0.25, -0.2) is 0 Å². The topological polar surface area (TPSA) is 49.6 Å². The fourth-order valence-electron chi connectivity index (χ4n) is 2.93. The second-order valence-electron chi connectivity index (χ2n) is 5.08. The molecule has 0 bridgehead atoms. The lowest BCUT2D eigenvalue weighted by molar-refractivity contribution is -0.136. The fraction of sp³-hybridized carbons (Fsp3) is 0.917. The van der Waals surface area contributed by atoms with Crippen LogP contribution in [0.5, 0.6) is 0 Å². The van der Waals surface area contributed by atoms with Crippen molar-refractivity contribution in [1.82, 2.24) is 9.80 Å². The number of amides is 1. The van der Waals surface area contributed by atoms with E-state index in [0.717, 1.165) is 19.5 Å². The van der Waals surface area contributed by atoms with Gasteiger partial charge in [-0.1, -0.05) is 0 Å². The molecule has 2 saturated heterocycles. The first-order valence-electron chi connectivity index (χ1n) is 6.46. The van der Waals surface area contributed by atoms with Crippen molar-refractivity contribution in [3.8, 4) is 0 Å². The van der Waals surface area contributed by atoms with Gasteiger partial charge in [0.25, 0.3) is 0 Å². The minimum absolute atomic E-state index is 0. The van der Waals surface area contributed by atoms with E-state index < -0.39 is 0 Å². The molecule has 0 saturated carbocycles. The number of carbonyl (C=O) groups is 1. The first-order chi connectivity index (χ1) is 7.72. The molecule has 0 aromatic carbocycles. The monoisotopic (exact) mass is 297 g/mol. The summed E-state index contributed by atoms with van der Waals surface area (Å²) in [5.41, 5.74) is 5.45. The van der Waals surface area contributed by atoms with Crippen LogP contribution in [0, 0.1) is 0 Å². The molecule has 0 aromatic heterocycles. The number of rotatable bonds is 3. The van der Waals surface area contributed by atoms with Crippen LogP contribution in [-0.4, -0.2) is 54.0 Å². The standard InChI is InChI=1S/C12H23N3O.2ClH/c1-10-8-14-7-3-4-11(14)9-15(10)12(16)5-2-6-13;;/h10-11H,2-9,13H2,1H3;2*1H. The average Bonchev–Trinajstić information content (AvgIpc) is 2.71. The summed E-state index contributed by atoms with van der Waals surface area (Å²) in [6.45, 7) is 5.99. The van der Waals surface area contributed by atoms with Crippen LogP contribution in [0.1, 0.15) is 32.6 Å². The predicted molar refractivity (Wildman–Crippen MR) is 78.6 cm³/mol. The fourth-order valence-corrected chi connectivity index (χ4v) is 2.93. The van der Waals surface area contributed by atoms with Gasteiger partial charge in [-0.2, -0.15) is 0 Å². The molecule has 0 spiro atoms. The van der Waals surface area contributed by atoms with Gasteiger partial charge in [-0.05, 0) is 39.3 Å². The van der Waals surface area contributed by atoms with Gasteiger partial charge in [0.1, 0.15) is 0 Å². The third kappa shape index (κ3) is 3.98. The summed E-state index contributed by atoms with van der Waals surface area (Å²) in [6.07, 6.45) is 3.99. The zero-order valence-electron chi connectivity index (χ0n) is 11.0. The molecule has 18 heavy (non-hydrogen) atoms. The predicted octanol–water partition coefficient (Wildman–Crippen LogP) is 1.26. The minimum atomic E-state index is 0. The number of carbonyl (C=O) groups excluding carboxylic acids is 1. The van der Waals surface area contributed by atoms with Crippen molar-refractivity contribution >= 4 is 30.7 Å². The highest BCUT2D eigenvalue weighted by Crippen LogP contribution is 2.24. The van der Waals surface area contributed by atoms with Crippen LogP contribution >= 0.6 is 24.8 Å². The van der Waals surface area contributed by atoms with Gasteiger partial charge < -0.3 is 10.6 Å². The molecule has 2 fully saturated rings. The number of halogens is 2. The number of piperazine rings is 1. The maximum absolute atomic E-state index is 12.0. The van der Waals surface area contributed by atoms with Gasteiger partial charge in [0.15, 0.2) is 0 Å². The first-order valence-corrected chi connectivity index (χ1v) is 6.46. The molecule has 2 N–H and O–H groups in total. The highest BCUT2D eigenvalue weighted by molar-refractivity contribution is 5.85. The highest BCUT2D eigenvalue weighted by atomic mass is 35.5. The Morgan fingerprint density at radius 2 is 2.06 bits per heavy atom. The summed E-state index contributed by atoms with van der Waals surface area (Å²) in [4.78, 5) is 16.6. The maximum atomic E-state index is 12.0. The zero-order valence-corrected chi connectivity index (χ0v) is 12.6.